The average Bonchev–Trinajstić information content (AvgIpc) is 3.36. The van der Waals surface area contributed by atoms with Crippen molar-refractivity contribution in [3.05, 3.63) is 65.2 Å². The molecule has 4 aliphatic rings. The van der Waals surface area contributed by atoms with Crippen LogP contribution in [0.3, 0.4) is 0 Å². The Hall–Kier alpha value is -2.79. The Bertz CT molecular complexity index is 1130. The first kappa shape index (κ1) is 19.9. The zero-order valence-electron chi connectivity index (χ0n) is 19.0. The molecule has 0 amide bonds. The Morgan fingerprint density at radius 2 is 2.00 bits per heavy atom. The van der Waals surface area contributed by atoms with Crippen LogP contribution in [0.2, 0.25) is 0 Å². The number of ketones is 1. The van der Waals surface area contributed by atoms with Gasteiger partial charge in [0.25, 0.3) is 0 Å². The fraction of sp³-hybridized carbons (Fsp3) is 0.444. The second kappa shape index (κ2) is 7.11. The largest absolute Gasteiger partial charge is 0.497 e. The molecule has 3 fully saturated rings. The van der Waals surface area contributed by atoms with Crippen molar-refractivity contribution in [2.75, 3.05) is 32.2 Å². The summed E-state index contributed by atoms with van der Waals surface area (Å²) < 4.78 is 11.1. The molecule has 0 radical (unpaired) electrons. The Morgan fingerprint density at radius 1 is 1.16 bits per heavy atom. The summed E-state index contributed by atoms with van der Waals surface area (Å²) >= 11 is 0. The van der Waals surface area contributed by atoms with Crippen LogP contribution in [0.25, 0.3) is 0 Å². The number of hydrogen-bond acceptors (Lipinski definition) is 5. The van der Waals surface area contributed by atoms with E-state index in [1.54, 1.807) is 14.2 Å². The van der Waals surface area contributed by atoms with Crippen molar-refractivity contribution in [3.63, 3.8) is 0 Å². The number of allylic oxidation sites excluding steroid dienone is 1. The Kier molecular flexibility index (Phi) is 4.41. The maximum absolute atomic E-state index is 14.1. The predicted molar refractivity (Wildman–Crippen MR) is 124 cm³/mol. The molecule has 2 aromatic carbocycles. The molecule has 1 spiro atoms. The van der Waals surface area contributed by atoms with Crippen LogP contribution in [-0.4, -0.2) is 50.1 Å². The van der Waals surface area contributed by atoms with Crippen molar-refractivity contribution in [2.24, 2.45) is 5.92 Å². The highest BCUT2D eigenvalue weighted by atomic mass is 16.5. The third-order valence-electron chi connectivity index (χ3n) is 8.47. The number of benzene rings is 2. The maximum Gasteiger partial charge on any atom is 0.163 e. The van der Waals surface area contributed by atoms with Crippen LogP contribution < -0.4 is 14.4 Å². The van der Waals surface area contributed by atoms with Gasteiger partial charge in [0.15, 0.2) is 5.78 Å². The summed E-state index contributed by atoms with van der Waals surface area (Å²) in [7, 11) is 3.36. The van der Waals surface area contributed by atoms with Crippen LogP contribution in [0.1, 0.15) is 30.9 Å². The molecular weight excluding hydrogens is 400 g/mol. The summed E-state index contributed by atoms with van der Waals surface area (Å²) in [5.74, 6) is 2.02. The summed E-state index contributed by atoms with van der Waals surface area (Å²) in [4.78, 5) is 19.2. The molecule has 2 bridgehead atoms. The second-order valence-corrected chi connectivity index (χ2v) is 9.56. The Balaban J connectivity index is 1.49. The molecule has 2 saturated heterocycles. The summed E-state index contributed by atoms with van der Waals surface area (Å²) in [6.07, 6.45) is 4.19. The monoisotopic (exact) mass is 430 g/mol. The highest BCUT2D eigenvalue weighted by Crippen LogP contribution is 2.60. The molecule has 166 valence electrons. The van der Waals surface area contributed by atoms with Gasteiger partial charge in [0.05, 0.1) is 20.3 Å². The highest BCUT2D eigenvalue weighted by Gasteiger charge is 2.67. The van der Waals surface area contributed by atoms with Crippen LogP contribution in [0.4, 0.5) is 5.69 Å². The average molecular weight is 431 g/mol. The summed E-state index contributed by atoms with van der Waals surface area (Å²) in [5.41, 5.74) is 4.84. The minimum atomic E-state index is -0.129. The number of nitrogens with zero attached hydrogens (tertiary/aromatic N) is 2. The molecule has 4 atom stereocenters. The van der Waals surface area contributed by atoms with Crippen molar-refractivity contribution in [2.45, 2.75) is 43.8 Å². The lowest BCUT2D eigenvalue weighted by Crippen LogP contribution is -2.64. The molecule has 5 nitrogen and oxygen atoms in total. The highest BCUT2D eigenvalue weighted by molar-refractivity contribution is 5.98. The molecule has 0 aromatic heterocycles. The summed E-state index contributed by atoms with van der Waals surface area (Å²) in [6, 6.07) is 15.0. The molecule has 1 saturated carbocycles. The number of carbonyl (C=O) groups is 1. The number of Topliss-reactive ketones (excluding diaryl/α,β-unsaturated/α-hetero) is 1. The van der Waals surface area contributed by atoms with Gasteiger partial charge in [-0.1, -0.05) is 24.3 Å². The van der Waals surface area contributed by atoms with Crippen LogP contribution in [0.5, 0.6) is 11.5 Å². The fourth-order valence-electron chi connectivity index (χ4n) is 7.09. The van der Waals surface area contributed by atoms with E-state index >= 15 is 0 Å². The first-order valence-electron chi connectivity index (χ1n) is 11.6. The number of hydrogen-bond donors (Lipinski definition) is 0. The molecule has 5 heteroatoms. The standard InChI is InChI=1S/C27H30N2O3/c1-4-17-15-28-12-11-27-21-7-5-6-8-22(21)29(26(27)25(30)20(17)14-24(27)28)16-18-9-10-19(31-2)13-23(18)32-3/h4-10,13,20,24,26H,11-12,14-16H2,1-3H3/b17-4-/t20-,24-,26-,27+/m0/s1. The molecule has 6 rings (SSSR count). The molecule has 2 aromatic rings. The van der Waals surface area contributed by atoms with Crippen LogP contribution in [0.15, 0.2) is 54.1 Å². The number of anilines is 1. The third-order valence-corrected chi connectivity index (χ3v) is 8.47. The van der Waals surface area contributed by atoms with Crippen LogP contribution in [0, 0.1) is 5.92 Å². The van der Waals surface area contributed by atoms with Crippen molar-refractivity contribution in [1.29, 1.82) is 0 Å². The van der Waals surface area contributed by atoms with Gasteiger partial charge in [0.1, 0.15) is 11.5 Å². The van der Waals surface area contributed by atoms with E-state index in [9.17, 15) is 4.79 Å². The maximum atomic E-state index is 14.1. The zero-order valence-corrected chi connectivity index (χ0v) is 19.0. The van der Waals surface area contributed by atoms with Gasteiger partial charge in [0.2, 0.25) is 0 Å². The smallest absolute Gasteiger partial charge is 0.163 e. The number of methoxy groups -OCH3 is 2. The predicted octanol–water partition coefficient (Wildman–Crippen LogP) is 3.95. The number of carbonyl (C=O) groups excluding carboxylic acids is 1. The van der Waals surface area contributed by atoms with Gasteiger partial charge >= 0.3 is 0 Å². The van der Waals surface area contributed by atoms with E-state index in [1.165, 1.54) is 16.8 Å². The molecular formula is C27H30N2O3. The molecule has 0 unspecified atom stereocenters. The number of fused-ring (bicyclic) bond motifs is 2. The number of ether oxygens (including phenoxy) is 2. The number of para-hydroxylation sites is 1. The Morgan fingerprint density at radius 3 is 2.78 bits per heavy atom. The molecule has 0 N–H and O–H groups in total. The topological polar surface area (TPSA) is 42.0 Å². The molecule has 3 heterocycles. The molecule has 1 aliphatic carbocycles. The van der Waals surface area contributed by atoms with Crippen molar-refractivity contribution in [3.8, 4) is 11.5 Å². The normalized spacial score (nSPS) is 31.6. The number of rotatable bonds is 4. The minimum Gasteiger partial charge on any atom is -0.497 e. The van der Waals surface area contributed by atoms with E-state index in [2.05, 4.69) is 53.1 Å². The fourth-order valence-corrected chi connectivity index (χ4v) is 7.09. The lowest BCUT2D eigenvalue weighted by Gasteiger charge is -2.51. The summed E-state index contributed by atoms with van der Waals surface area (Å²) in [6.45, 7) is 4.74. The first-order valence-corrected chi connectivity index (χ1v) is 11.6. The molecule has 3 aliphatic heterocycles. The first-order chi connectivity index (χ1) is 15.6. The van der Waals surface area contributed by atoms with Crippen LogP contribution >= 0.6 is 0 Å². The van der Waals surface area contributed by atoms with E-state index in [0.29, 0.717) is 18.4 Å². The van der Waals surface area contributed by atoms with Gasteiger partial charge in [0, 0.05) is 47.8 Å². The number of piperidine rings is 1. The SMILES string of the molecule is C/C=C1/CN2CC[C@]34c5ccccc5N(Cc5ccc(OC)cc5OC)[C@H]3C(=O)[C@H]1C[C@H]24. The lowest BCUT2D eigenvalue weighted by atomic mass is 9.59. The minimum absolute atomic E-state index is 0.0482. The van der Waals surface area contributed by atoms with E-state index in [-0.39, 0.29) is 17.4 Å². The zero-order chi connectivity index (χ0) is 22.0. The van der Waals surface area contributed by atoms with Gasteiger partial charge in [-0.3, -0.25) is 9.69 Å². The van der Waals surface area contributed by atoms with E-state index in [4.69, 9.17) is 9.47 Å². The lowest BCUT2D eigenvalue weighted by molar-refractivity contribution is -0.129. The van der Waals surface area contributed by atoms with Gasteiger partial charge in [-0.05, 0) is 55.6 Å². The van der Waals surface area contributed by atoms with Gasteiger partial charge < -0.3 is 14.4 Å². The quantitative estimate of drug-likeness (QED) is 0.687. The van der Waals surface area contributed by atoms with Crippen LogP contribution in [-0.2, 0) is 16.8 Å². The van der Waals surface area contributed by atoms with Gasteiger partial charge in [-0.2, -0.15) is 0 Å². The third kappa shape index (κ3) is 2.46. The van der Waals surface area contributed by atoms with E-state index in [1.807, 2.05) is 12.1 Å². The summed E-state index contributed by atoms with van der Waals surface area (Å²) in [5, 5.41) is 0. The van der Waals surface area contributed by atoms with E-state index < -0.39 is 0 Å². The Labute approximate surface area is 189 Å². The van der Waals surface area contributed by atoms with Crippen molar-refractivity contribution < 1.29 is 14.3 Å². The van der Waals surface area contributed by atoms with Crippen molar-refractivity contribution >= 4 is 11.5 Å². The van der Waals surface area contributed by atoms with Gasteiger partial charge in [-0.15, -0.1) is 0 Å². The van der Waals surface area contributed by atoms with Gasteiger partial charge in [-0.25, -0.2) is 0 Å². The van der Waals surface area contributed by atoms with Crippen molar-refractivity contribution in [1.82, 2.24) is 4.90 Å². The van der Waals surface area contributed by atoms with E-state index in [0.717, 1.165) is 43.0 Å². The second-order valence-electron chi connectivity index (χ2n) is 9.56. The molecule has 32 heavy (non-hydrogen) atoms.